The molecule has 0 unspecified atom stereocenters. The van der Waals surface area contributed by atoms with Crippen LogP contribution in [0.1, 0.15) is 50.8 Å². The van der Waals surface area contributed by atoms with Crippen molar-refractivity contribution in [2.75, 3.05) is 20.3 Å². The molecule has 1 aromatic heterocycles. The number of nitrogens with one attached hydrogen (secondary N) is 1. The summed E-state index contributed by atoms with van der Waals surface area (Å²) in [5.41, 5.74) is 2.69. The fourth-order valence-corrected chi connectivity index (χ4v) is 2.12. The summed E-state index contributed by atoms with van der Waals surface area (Å²) < 4.78 is 7.20. The molecule has 0 atom stereocenters. The van der Waals surface area contributed by atoms with Gasteiger partial charge in [-0.05, 0) is 12.3 Å². The average Bonchev–Trinajstić information content (AvgIpc) is 2.75. The molecule has 1 heterocycles. The van der Waals surface area contributed by atoms with E-state index in [0.717, 1.165) is 26.2 Å². The third-order valence-electron chi connectivity index (χ3n) is 3.03. The lowest BCUT2D eigenvalue weighted by molar-refractivity contribution is 0.199. The van der Waals surface area contributed by atoms with Crippen molar-refractivity contribution in [3.8, 4) is 0 Å². The molecule has 0 aliphatic rings. The molecule has 0 spiro atoms. The Hall–Kier alpha value is -0.870. The van der Waals surface area contributed by atoms with Gasteiger partial charge in [-0.25, -0.2) is 0 Å². The Labute approximate surface area is 111 Å². The number of ether oxygens (including phenoxy) is 1. The zero-order valence-electron chi connectivity index (χ0n) is 12.2. The Morgan fingerprint density at radius 1 is 1.44 bits per heavy atom. The summed E-state index contributed by atoms with van der Waals surface area (Å²) in [4.78, 5) is 0. The number of methoxy groups -OCH3 is 1. The van der Waals surface area contributed by atoms with Crippen molar-refractivity contribution in [3.05, 3.63) is 17.5 Å². The van der Waals surface area contributed by atoms with Gasteiger partial charge in [-0.3, -0.25) is 4.68 Å². The Bertz CT molecular complexity index is 334. The summed E-state index contributed by atoms with van der Waals surface area (Å²) in [5, 5.41) is 7.91. The summed E-state index contributed by atoms with van der Waals surface area (Å²) in [5.74, 6) is 0.517. The minimum atomic E-state index is 0.517. The van der Waals surface area contributed by atoms with Gasteiger partial charge in [-0.2, -0.15) is 5.10 Å². The first-order valence-corrected chi connectivity index (χ1v) is 6.94. The highest BCUT2D eigenvalue weighted by Gasteiger charge is 2.13. The van der Waals surface area contributed by atoms with Gasteiger partial charge < -0.3 is 10.1 Å². The van der Waals surface area contributed by atoms with Crippen LogP contribution < -0.4 is 5.32 Å². The maximum Gasteiger partial charge on any atom is 0.0587 e. The number of unbranched alkanes of at least 4 members (excludes halogenated alkanes) is 1. The van der Waals surface area contributed by atoms with E-state index in [0.29, 0.717) is 5.92 Å². The van der Waals surface area contributed by atoms with Crippen LogP contribution in [0.15, 0.2) is 6.20 Å². The zero-order chi connectivity index (χ0) is 13.4. The molecule has 18 heavy (non-hydrogen) atoms. The topological polar surface area (TPSA) is 39.1 Å². The molecule has 0 fully saturated rings. The van der Waals surface area contributed by atoms with Crippen LogP contribution in [-0.2, 0) is 17.8 Å². The van der Waals surface area contributed by atoms with Crippen molar-refractivity contribution in [1.82, 2.24) is 15.1 Å². The monoisotopic (exact) mass is 253 g/mol. The first-order valence-electron chi connectivity index (χ1n) is 6.94. The van der Waals surface area contributed by atoms with E-state index in [1.165, 1.54) is 24.1 Å². The lowest BCUT2D eigenvalue weighted by atomic mass is 10.1. The van der Waals surface area contributed by atoms with Gasteiger partial charge in [-0.1, -0.05) is 27.2 Å². The number of nitrogens with zero attached hydrogens (tertiary/aromatic N) is 2. The van der Waals surface area contributed by atoms with Gasteiger partial charge in [-0.15, -0.1) is 0 Å². The van der Waals surface area contributed by atoms with Gasteiger partial charge in [0.1, 0.15) is 0 Å². The lowest BCUT2D eigenvalue weighted by Crippen LogP contribution is -2.19. The summed E-state index contributed by atoms with van der Waals surface area (Å²) in [6.07, 6.45) is 4.40. The van der Waals surface area contributed by atoms with Gasteiger partial charge in [0.05, 0.1) is 12.8 Å². The SMILES string of the molecule is CCCCn1ncc(CNCCOC)c1C(C)C. The minimum absolute atomic E-state index is 0.517. The number of hydrogen-bond acceptors (Lipinski definition) is 3. The van der Waals surface area contributed by atoms with Crippen LogP contribution in [-0.4, -0.2) is 30.0 Å². The smallest absolute Gasteiger partial charge is 0.0587 e. The van der Waals surface area contributed by atoms with Gasteiger partial charge in [0.25, 0.3) is 0 Å². The minimum Gasteiger partial charge on any atom is -0.383 e. The molecule has 0 aliphatic heterocycles. The third kappa shape index (κ3) is 4.42. The van der Waals surface area contributed by atoms with E-state index in [9.17, 15) is 0 Å². The quantitative estimate of drug-likeness (QED) is 0.687. The highest BCUT2D eigenvalue weighted by molar-refractivity contribution is 5.21. The van der Waals surface area contributed by atoms with Crippen molar-refractivity contribution in [3.63, 3.8) is 0 Å². The van der Waals surface area contributed by atoms with Crippen LogP contribution in [0.3, 0.4) is 0 Å². The molecular weight excluding hydrogens is 226 g/mol. The van der Waals surface area contributed by atoms with Crippen LogP contribution in [0, 0.1) is 0 Å². The molecule has 1 aromatic rings. The Morgan fingerprint density at radius 2 is 2.22 bits per heavy atom. The highest BCUT2D eigenvalue weighted by atomic mass is 16.5. The summed E-state index contributed by atoms with van der Waals surface area (Å²) in [7, 11) is 1.73. The summed E-state index contributed by atoms with van der Waals surface area (Å²) in [6, 6.07) is 0. The summed E-state index contributed by atoms with van der Waals surface area (Å²) >= 11 is 0. The second kappa shape index (κ2) is 8.27. The molecule has 0 aliphatic carbocycles. The number of rotatable bonds is 9. The van der Waals surface area contributed by atoms with E-state index >= 15 is 0 Å². The van der Waals surface area contributed by atoms with Crippen LogP contribution in [0.2, 0.25) is 0 Å². The molecule has 0 aromatic carbocycles. The second-order valence-corrected chi connectivity index (χ2v) is 4.96. The zero-order valence-corrected chi connectivity index (χ0v) is 12.2. The maximum atomic E-state index is 5.03. The number of hydrogen-bond donors (Lipinski definition) is 1. The van der Waals surface area contributed by atoms with E-state index in [4.69, 9.17) is 4.74 Å². The highest BCUT2D eigenvalue weighted by Crippen LogP contribution is 2.19. The Balaban J connectivity index is 2.63. The molecule has 0 radical (unpaired) electrons. The lowest BCUT2D eigenvalue weighted by Gasteiger charge is -2.13. The third-order valence-corrected chi connectivity index (χ3v) is 3.03. The Kier molecular flexibility index (Phi) is 6.98. The largest absolute Gasteiger partial charge is 0.383 e. The molecule has 0 amide bonds. The van der Waals surface area contributed by atoms with Gasteiger partial charge in [0.2, 0.25) is 0 Å². The number of aromatic nitrogens is 2. The van der Waals surface area contributed by atoms with Crippen molar-refractivity contribution >= 4 is 0 Å². The number of aryl methyl sites for hydroxylation is 1. The van der Waals surface area contributed by atoms with Crippen LogP contribution >= 0.6 is 0 Å². The molecule has 0 bridgehead atoms. The average molecular weight is 253 g/mol. The summed E-state index contributed by atoms with van der Waals surface area (Å²) in [6.45, 7) is 10.2. The van der Waals surface area contributed by atoms with Gasteiger partial charge in [0.15, 0.2) is 0 Å². The van der Waals surface area contributed by atoms with Crippen LogP contribution in [0.4, 0.5) is 0 Å². The first kappa shape index (κ1) is 15.2. The predicted molar refractivity (Wildman–Crippen MR) is 74.8 cm³/mol. The molecule has 104 valence electrons. The van der Waals surface area contributed by atoms with E-state index in [2.05, 4.69) is 35.9 Å². The van der Waals surface area contributed by atoms with Crippen LogP contribution in [0.5, 0.6) is 0 Å². The molecule has 1 rings (SSSR count). The van der Waals surface area contributed by atoms with Crippen molar-refractivity contribution in [2.24, 2.45) is 0 Å². The molecule has 1 N–H and O–H groups in total. The van der Waals surface area contributed by atoms with E-state index in [-0.39, 0.29) is 0 Å². The fraction of sp³-hybridized carbons (Fsp3) is 0.786. The van der Waals surface area contributed by atoms with Crippen molar-refractivity contribution < 1.29 is 4.74 Å². The normalized spacial score (nSPS) is 11.4. The molecule has 4 nitrogen and oxygen atoms in total. The molecular formula is C14H27N3O. The molecule has 4 heteroatoms. The Morgan fingerprint density at radius 3 is 2.83 bits per heavy atom. The van der Waals surface area contributed by atoms with Crippen LogP contribution in [0.25, 0.3) is 0 Å². The first-order chi connectivity index (χ1) is 8.70. The predicted octanol–water partition coefficient (Wildman–Crippen LogP) is 2.54. The van der Waals surface area contributed by atoms with Crippen molar-refractivity contribution in [1.29, 1.82) is 0 Å². The maximum absolute atomic E-state index is 5.03. The van der Waals surface area contributed by atoms with E-state index < -0.39 is 0 Å². The van der Waals surface area contributed by atoms with Gasteiger partial charge in [0, 0.05) is 38.0 Å². The second-order valence-electron chi connectivity index (χ2n) is 4.96. The fourth-order valence-electron chi connectivity index (χ4n) is 2.12. The molecule has 0 saturated heterocycles. The van der Waals surface area contributed by atoms with Gasteiger partial charge >= 0.3 is 0 Å². The van der Waals surface area contributed by atoms with Crippen molar-refractivity contribution in [2.45, 2.75) is 52.6 Å². The van der Waals surface area contributed by atoms with E-state index in [1.807, 2.05) is 6.20 Å². The molecule has 0 saturated carbocycles. The standard InChI is InChI=1S/C14H27N3O/c1-5-6-8-17-14(12(2)3)13(11-16-17)10-15-7-9-18-4/h11-12,15H,5-10H2,1-4H3. The van der Waals surface area contributed by atoms with E-state index in [1.54, 1.807) is 7.11 Å².